The van der Waals surface area contributed by atoms with Crippen molar-refractivity contribution in [1.82, 2.24) is 24.7 Å². The number of aromatic nitrogens is 5. The van der Waals surface area contributed by atoms with Gasteiger partial charge in [0.25, 0.3) is 5.95 Å². The summed E-state index contributed by atoms with van der Waals surface area (Å²) in [5.41, 5.74) is 1.02. The number of hydrogen-bond acceptors (Lipinski definition) is 5. The standard InChI is InChI=1S/C14H12ClN5O/c1-10(11-6-3-2-4-7-11)21-14-18-12(15)17-13(19-14)20-9-5-8-16-20/h2-10H,1H3. The monoisotopic (exact) mass is 301 g/mol. The number of benzene rings is 1. The minimum atomic E-state index is -0.199. The van der Waals surface area contributed by atoms with Gasteiger partial charge < -0.3 is 4.74 Å². The van der Waals surface area contributed by atoms with E-state index in [1.165, 1.54) is 4.68 Å². The van der Waals surface area contributed by atoms with Crippen LogP contribution in [0, 0.1) is 0 Å². The molecular weight excluding hydrogens is 290 g/mol. The molecular formula is C14H12ClN5O. The molecule has 0 bridgehead atoms. The molecule has 1 aromatic carbocycles. The van der Waals surface area contributed by atoms with Crippen LogP contribution in [0.4, 0.5) is 0 Å². The first-order valence-corrected chi connectivity index (χ1v) is 6.73. The van der Waals surface area contributed by atoms with Gasteiger partial charge in [0, 0.05) is 12.4 Å². The molecule has 1 atom stereocenters. The maximum absolute atomic E-state index is 5.91. The highest BCUT2D eigenvalue weighted by molar-refractivity contribution is 6.28. The van der Waals surface area contributed by atoms with Crippen LogP contribution in [0.1, 0.15) is 18.6 Å². The molecule has 7 heteroatoms. The molecule has 0 fully saturated rings. The molecule has 0 aliphatic rings. The zero-order chi connectivity index (χ0) is 14.7. The molecule has 2 aromatic heterocycles. The maximum atomic E-state index is 5.91. The Morgan fingerprint density at radius 1 is 1.10 bits per heavy atom. The van der Waals surface area contributed by atoms with Crippen LogP contribution in [0.25, 0.3) is 5.95 Å². The predicted octanol–water partition coefficient (Wildman–Crippen LogP) is 2.85. The minimum Gasteiger partial charge on any atom is -0.455 e. The van der Waals surface area contributed by atoms with E-state index in [9.17, 15) is 0 Å². The molecule has 0 N–H and O–H groups in total. The van der Waals surface area contributed by atoms with Gasteiger partial charge in [-0.05, 0) is 30.2 Å². The fourth-order valence-electron chi connectivity index (χ4n) is 1.81. The van der Waals surface area contributed by atoms with E-state index in [-0.39, 0.29) is 17.4 Å². The van der Waals surface area contributed by atoms with E-state index in [0.717, 1.165) is 5.56 Å². The summed E-state index contributed by atoms with van der Waals surface area (Å²) in [5.74, 6) is 0.315. The van der Waals surface area contributed by atoms with E-state index in [4.69, 9.17) is 16.3 Å². The van der Waals surface area contributed by atoms with Gasteiger partial charge in [0.15, 0.2) is 0 Å². The third-order valence-corrected chi connectivity index (χ3v) is 3.01. The summed E-state index contributed by atoms with van der Waals surface area (Å²) in [5, 5.41) is 4.12. The Hall–Kier alpha value is -2.47. The van der Waals surface area contributed by atoms with Gasteiger partial charge in [-0.15, -0.1) is 0 Å². The highest BCUT2D eigenvalue weighted by Crippen LogP contribution is 2.19. The average Bonchev–Trinajstić information content (AvgIpc) is 3.02. The summed E-state index contributed by atoms with van der Waals surface area (Å²) in [6.45, 7) is 1.92. The lowest BCUT2D eigenvalue weighted by Crippen LogP contribution is -2.09. The van der Waals surface area contributed by atoms with E-state index >= 15 is 0 Å². The second-order valence-corrected chi connectivity index (χ2v) is 4.65. The molecule has 0 spiro atoms. The van der Waals surface area contributed by atoms with Crippen molar-refractivity contribution in [2.45, 2.75) is 13.0 Å². The Labute approximate surface area is 126 Å². The summed E-state index contributed by atoms with van der Waals surface area (Å²) in [4.78, 5) is 12.2. The van der Waals surface area contributed by atoms with Crippen LogP contribution in [0.3, 0.4) is 0 Å². The number of hydrogen-bond donors (Lipinski definition) is 0. The average molecular weight is 302 g/mol. The number of ether oxygens (including phenoxy) is 1. The van der Waals surface area contributed by atoms with Gasteiger partial charge in [-0.3, -0.25) is 0 Å². The molecule has 2 heterocycles. The molecule has 0 aliphatic heterocycles. The van der Waals surface area contributed by atoms with Gasteiger partial charge in [-0.1, -0.05) is 30.3 Å². The highest BCUT2D eigenvalue weighted by atomic mass is 35.5. The SMILES string of the molecule is CC(Oc1nc(Cl)nc(-n2cccn2)n1)c1ccccc1. The lowest BCUT2D eigenvalue weighted by molar-refractivity contribution is 0.206. The summed E-state index contributed by atoms with van der Waals surface area (Å²) >= 11 is 5.91. The van der Waals surface area contributed by atoms with Gasteiger partial charge in [-0.25, -0.2) is 4.68 Å². The molecule has 0 aliphatic carbocycles. The van der Waals surface area contributed by atoms with Crippen LogP contribution in [0.5, 0.6) is 6.01 Å². The van der Waals surface area contributed by atoms with Gasteiger partial charge >= 0.3 is 6.01 Å². The molecule has 6 nitrogen and oxygen atoms in total. The van der Waals surface area contributed by atoms with E-state index in [2.05, 4.69) is 20.1 Å². The van der Waals surface area contributed by atoms with Crippen molar-refractivity contribution in [2.75, 3.05) is 0 Å². The highest BCUT2D eigenvalue weighted by Gasteiger charge is 2.12. The second-order valence-electron chi connectivity index (χ2n) is 4.31. The summed E-state index contributed by atoms with van der Waals surface area (Å²) in [7, 11) is 0. The topological polar surface area (TPSA) is 65.7 Å². The quantitative estimate of drug-likeness (QED) is 0.741. The van der Waals surface area contributed by atoms with Crippen molar-refractivity contribution in [2.24, 2.45) is 0 Å². The normalized spacial score (nSPS) is 12.1. The Morgan fingerprint density at radius 3 is 2.62 bits per heavy atom. The third kappa shape index (κ3) is 3.17. The van der Waals surface area contributed by atoms with Crippen molar-refractivity contribution in [1.29, 1.82) is 0 Å². The largest absolute Gasteiger partial charge is 0.455 e. The molecule has 3 rings (SSSR count). The lowest BCUT2D eigenvalue weighted by Gasteiger charge is -2.13. The van der Waals surface area contributed by atoms with E-state index in [1.807, 2.05) is 37.3 Å². The van der Waals surface area contributed by atoms with E-state index in [1.54, 1.807) is 18.5 Å². The molecule has 21 heavy (non-hydrogen) atoms. The predicted molar refractivity (Wildman–Crippen MR) is 77.4 cm³/mol. The third-order valence-electron chi connectivity index (χ3n) is 2.84. The fraction of sp³-hybridized carbons (Fsp3) is 0.143. The zero-order valence-electron chi connectivity index (χ0n) is 11.2. The Morgan fingerprint density at radius 2 is 1.90 bits per heavy atom. The van der Waals surface area contributed by atoms with Gasteiger partial charge in [0.1, 0.15) is 6.10 Å². The second kappa shape index (κ2) is 5.88. The number of rotatable bonds is 4. The van der Waals surface area contributed by atoms with Crippen molar-refractivity contribution in [3.8, 4) is 12.0 Å². The molecule has 0 saturated heterocycles. The number of halogens is 1. The minimum absolute atomic E-state index is 0.0609. The summed E-state index contributed by atoms with van der Waals surface area (Å²) in [6, 6.07) is 11.7. The van der Waals surface area contributed by atoms with Crippen LogP contribution < -0.4 is 4.74 Å². The maximum Gasteiger partial charge on any atom is 0.323 e. The molecule has 0 saturated carbocycles. The van der Waals surface area contributed by atoms with Gasteiger partial charge in [0.2, 0.25) is 5.28 Å². The summed E-state index contributed by atoms with van der Waals surface area (Å²) < 4.78 is 7.23. The molecule has 0 radical (unpaired) electrons. The summed E-state index contributed by atoms with van der Waals surface area (Å²) in [6.07, 6.45) is 3.15. The first-order valence-electron chi connectivity index (χ1n) is 6.35. The first kappa shape index (κ1) is 13.5. The Bertz CT molecular complexity index is 717. The lowest BCUT2D eigenvalue weighted by atomic mass is 10.1. The van der Waals surface area contributed by atoms with Crippen LogP contribution in [-0.4, -0.2) is 24.7 Å². The van der Waals surface area contributed by atoms with Crippen LogP contribution in [0.2, 0.25) is 5.28 Å². The van der Waals surface area contributed by atoms with Crippen LogP contribution in [-0.2, 0) is 0 Å². The van der Waals surface area contributed by atoms with Gasteiger partial charge in [0.05, 0.1) is 0 Å². The van der Waals surface area contributed by atoms with E-state index in [0.29, 0.717) is 5.95 Å². The van der Waals surface area contributed by atoms with Crippen LogP contribution in [0.15, 0.2) is 48.8 Å². The van der Waals surface area contributed by atoms with Crippen LogP contribution >= 0.6 is 11.6 Å². The molecule has 0 amide bonds. The Kier molecular flexibility index (Phi) is 3.79. The van der Waals surface area contributed by atoms with E-state index < -0.39 is 0 Å². The molecule has 106 valence electrons. The first-order chi connectivity index (χ1) is 10.2. The van der Waals surface area contributed by atoms with Crippen molar-refractivity contribution < 1.29 is 4.74 Å². The molecule has 3 aromatic rings. The molecule has 1 unspecified atom stereocenters. The zero-order valence-corrected chi connectivity index (χ0v) is 12.0. The Balaban J connectivity index is 1.86. The smallest absolute Gasteiger partial charge is 0.323 e. The van der Waals surface area contributed by atoms with Crippen molar-refractivity contribution in [3.05, 3.63) is 59.6 Å². The van der Waals surface area contributed by atoms with Gasteiger partial charge in [-0.2, -0.15) is 20.1 Å². The number of nitrogens with zero attached hydrogens (tertiary/aromatic N) is 5. The fourth-order valence-corrected chi connectivity index (χ4v) is 1.96. The van der Waals surface area contributed by atoms with Crippen molar-refractivity contribution >= 4 is 11.6 Å². The van der Waals surface area contributed by atoms with Crippen molar-refractivity contribution in [3.63, 3.8) is 0 Å².